The molecule has 1 saturated carbocycles. The fourth-order valence-electron chi connectivity index (χ4n) is 3.78. The monoisotopic (exact) mass is 505 g/mol. The van der Waals surface area contributed by atoms with Crippen LogP contribution in [-0.2, 0) is 19.2 Å². The fourth-order valence-corrected chi connectivity index (χ4v) is 3.99. The maximum absolute atomic E-state index is 13.1. The van der Waals surface area contributed by atoms with Gasteiger partial charge in [0.05, 0.1) is 0 Å². The van der Waals surface area contributed by atoms with Crippen LogP contribution in [-0.4, -0.2) is 49.1 Å². The van der Waals surface area contributed by atoms with Gasteiger partial charge in [-0.2, -0.15) is 0 Å². The maximum Gasteiger partial charge on any atom is 0.417 e. The first-order chi connectivity index (χ1) is 16.4. The second-order valence-electron chi connectivity index (χ2n) is 7.54. The first-order valence-electron chi connectivity index (χ1n) is 10.5. The normalized spacial score (nSPS) is 18.3. The van der Waals surface area contributed by atoms with Crippen LogP contribution in [0.25, 0.3) is 0 Å². The van der Waals surface area contributed by atoms with Gasteiger partial charge in [0.15, 0.2) is 17.9 Å². The highest BCUT2D eigenvalue weighted by Gasteiger charge is 2.47. The molecule has 0 N–H and O–H groups in total. The number of hydrogen-bond donors (Lipinski definition) is 0. The van der Waals surface area contributed by atoms with Crippen molar-refractivity contribution in [2.24, 2.45) is 16.2 Å². The summed E-state index contributed by atoms with van der Waals surface area (Å²) in [4.78, 5) is 36.8. The Morgan fingerprint density at radius 1 is 1.21 bits per heavy atom. The number of hydrogen-bond acceptors (Lipinski definition) is 7. The fraction of sp³-hybridized carbons (Fsp3) is 0.333. The largest absolute Gasteiger partial charge is 0.433 e. The van der Waals surface area contributed by atoms with Crippen molar-refractivity contribution in [3.05, 3.63) is 70.2 Å². The molecule has 34 heavy (non-hydrogen) atoms. The molecule has 2 aromatic carbocycles. The highest BCUT2D eigenvalue weighted by molar-refractivity contribution is 6.47. The third-order valence-electron chi connectivity index (χ3n) is 5.47. The van der Waals surface area contributed by atoms with Gasteiger partial charge in [0.1, 0.15) is 7.11 Å². The van der Waals surface area contributed by atoms with Crippen LogP contribution in [0.15, 0.2) is 58.8 Å². The van der Waals surface area contributed by atoms with Gasteiger partial charge in [0, 0.05) is 35.3 Å². The molecule has 0 spiro atoms. The smallest absolute Gasteiger partial charge is 0.417 e. The molecule has 2 aromatic rings. The molecule has 1 aliphatic rings. The van der Waals surface area contributed by atoms with E-state index in [4.69, 9.17) is 37.6 Å². The van der Waals surface area contributed by atoms with E-state index in [0.29, 0.717) is 16.1 Å². The highest BCUT2D eigenvalue weighted by atomic mass is 35.5. The Labute approximate surface area is 208 Å². The van der Waals surface area contributed by atoms with Gasteiger partial charge in [-0.15, -0.1) is 0 Å². The van der Waals surface area contributed by atoms with Crippen LogP contribution in [0, 0.1) is 5.92 Å². The van der Waals surface area contributed by atoms with Crippen LogP contribution in [0.1, 0.15) is 42.1 Å². The van der Waals surface area contributed by atoms with Crippen molar-refractivity contribution < 1.29 is 24.0 Å². The lowest BCUT2D eigenvalue weighted by Crippen LogP contribution is -2.39. The molecule has 3 unspecified atom stereocenters. The Hall–Kier alpha value is -3.10. The highest BCUT2D eigenvalue weighted by Crippen LogP contribution is 2.56. The Kier molecular flexibility index (Phi) is 8.90. The average molecular weight is 506 g/mol. The van der Waals surface area contributed by atoms with Crippen molar-refractivity contribution >= 4 is 47.1 Å². The zero-order valence-corrected chi connectivity index (χ0v) is 20.5. The van der Waals surface area contributed by atoms with Gasteiger partial charge >= 0.3 is 6.09 Å². The molecule has 3 atom stereocenters. The standard InChI is InChI=1S/C24H25Cl2N3O5/c1-4-27-34-22(20-13-19(20)15-9-11-16(26)12-10-15)18-8-6-5-7-17(18)21(28-32-3)23(30)29(2)24(31)33-14-25/h4-12,19-20,22H,13-14H2,1-3H3/b27-4+,28-21-. The summed E-state index contributed by atoms with van der Waals surface area (Å²) in [5.74, 6) is -0.377. The molecule has 0 radical (unpaired) electrons. The third kappa shape index (κ3) is 5.87. The molecule has 0 heterocycles. The Balaban J connectivity index is 1.97. The van der Waals surface area contributed by atoms with E-state index in [2.05, 4.69) is 10.3 Å². The number of amides is 2. The molecule has 1 fully saturated rings. The Bertz CT molecular complexity index is 1070. The minimum atomic E-state index is -0.908. The molecular weight excluding hydrogens is 481 g/mol. The van der Waals surface area contributed by atoms with Crippen molar-refractivity contribution in [2.45, 2.75) is 25.4 Å². The van der Waals surface area contributed by atoms with E-state index in [-0.39, 0.29) is 23.6 Å². The summed E-state index contributed by atoms with van der Waals surface area (Å²) in [5, 5.41) is 8.63. The third-order valence-corrected chi connectivity index (χ3v) is 5.83. The van der Waals surface area contributed by atoms with Crippen molar-refractivity contribution in [1.82, 2.24) is 4.90 Å². The summed E-state index contributed by atoms with van der Waals surface area (Å²) >= 11 is 11.5. The van der Waals surface area contributed by atoms with Crippen molar-refractivity contribution in [1.29, 1.82) is 0 Å². The van der Waals surface area contributed by atoms with E-state index < -0.39 is 18.1 Å². The SMILES string of the molecule is C/C=N/OC(c1ccccc1/C(=N/OC)C(=O)N(C)C(=O)OCCl)C1CC1c1ccc(Cl)cc1. The number of benzene rings is 2. The predicted octanol–water partition coefficient (Wildman–Crippen LogP) is 5.35. The quantitative estimate of drug-likeness (QED) is 0.260. The van der Waals surface area contributed by atoms with Crippen LogP contribution in [0.4, 0.5) is 4.79 Å². The van der Waals surface area contributed by atoms with Crippen LogP contribution in [0.5, 0.6) is 0 Å². The maximum atomic E-state index is 13.1. The van der Waals surface area contributed by atoms with Crippen LogP contribution in [0.2, 0.25) is 5.02 Å². The first kappa shape index (κ1) is 25.5. The second-order valence-corrected chi connectivity index (χ2v) is 8.20. The van der Waals surface area contributed by atoms with Gasteiger partial charge in [-0.3, -0.25) is 4.79 Å². The lowest BCUT2D eigenvalue weighted by molar-refractivity contribution is -0.121. The summed E-state index contributed by atoms with van der Waals surface area (Å²) in [6.45, 7) is 1.76. The minimum absolute atomic E-state index is 0.0788. The number of carbonyl (C=O) groups is 2. The van der Waals surface area contributed by atoms with Gasteiger partial charge in [-0.1, -0.05) is 69.9 Å². The summed E-state index contributed by atoms with van der Waals surface area (Å²) in [5.41, 5.74) is 2.21. The minimum Gasteiger partial charge on any atom is -0.433 e. The number of imide groups is 1. The van der Waals surface area contributed by atoms with Gasteiger partial charge < -0.3 is 14.4 Å². The molecule has 3 rings (SSSR count). The van der Waals surface area contributed by atoms with Gasteiger partial charge in [-0.25, -0.2) is 9.69 Å². The van der Waals surface area contributed by atoms with Gasteiger partial charge in [0.25, 0.3) is 5.91 Å². The lowest BCUT2D eigenvalue weighted by Gasteiger charge is -2.21. The number of alkyl halides is 1. The van der Waals surface area contributed by atoms with E-state index in [9.17, 15) is 9.59 Å². The predicted molar refractivity (Wildman–Crippen MR) is 130 cm³/mol. The Morgan fingerprint density at radius 3 is 2.56 bits per heavy atom. The summed E-state index contributed by atoms with van der Waals surface area (Å²) in [6.07, 6.45) is 1.05. The Morgan fingerprint density at radius 2 is 1.91 bits per heavy atom. The molecular formula is C24H25Cl2N3O5. The number of nitrogens with zero attached hydrogens (tertiary/aromatic N) is 3. The van der Waals surface area contributed by atoms with Crippen LogP contribution in [0.3, 0.4) is 0 Å². The lowest BCUT2D eigenvalue weighted by atomic mass is 9.94. The van der Waals surface area contributed by atoms with E-state index >= 15 is 0 Å². The topological polar surface area (TPSA) is 89.8 Å². The van der Waals surface area contributed by atoms with E-state index in [1.165, 1.54) is 14.2 Å². The molecule has 1 aliphatic carbocycles. The van der Waals surface area contributed by atoms with E-state index in [1.54, 1.807) is 25.3 Å². The molecule has 0 aliphatic heterocycles. The van der Waals surface area contributed by atoms with E-state index in [1.807, 2.05) is 36.4 Å². The summed E-state index contributed by atoms with van der Waals surface area (Å²) in [7, 11) is 2.59. The summed E-state index contributed by atoms with van der Waals surface area (Å²) < 4.78 is 4.72. The number of ether oxygens (including phenoxy) is 1. The number of rotatable bonds is 9. The van der Waals surface area contributed by atoms with Crippen molar-refractivity contribution in [3.8, 4) is 0 Å². The zero-order chi connectivity index (χ0) is 24.7. The number of halogens is 2. The number of likely N-dealkylation sites (N-methyl/N-ethyl adjacent to an activating group) is 1. The zero-order valence-electron chi connectivity index (χ0n) is 19.0. The first-order valence-corrected chi connectivity index (χ1v) is 11.4. The molecule has 8 nitrogen and oxygen atoms in total. The number of oxime groups is 2. The van der Waals surface area contributed by atoms with Gasteiger partial charge in [-0.05, 0) is 37.0 Å². The second kappa shape index (κ2) is 11.9. The summed E-state index contributed by atoms with van der Waals surface area (Å²) in [6, 6.07) is 14.5. The average Bonchev–Trinajstić information content (AvgIpc) is 3.63. The molecule has 2 amide bonds. The van der Waals surface area contributed by atoms with E-state index in [0.717, 1.165) is 16.9 Å². The molecule has 0 aromatic heterocycles. The van der Waals surface area contributed by atoms with Crippen molar-refractivity contribution in [3.63, 3.8) is 0 Å². The molecule has 0 saturated heterocycles. The van der Waals surface area contributed by atoms with Gasteiger partial charge in [0.2, 0.25) is 0 Å². The van der Waals surface area contributed by atoms with Crippen LogP contribution >= 0.6 is 23.2 Å². The van der Waals surface area contributed by atoms with Crippen molar-refractivity contribution in [2.75, 3.05) is 20.2 Å². The molecule has 10 heteroatoms. The molecule has 0 bridgehead atoms. The number of carbonyl (C=O) groups excluding carboxylic acids is 2. The molecule has 180 valence electrons. The van der Waals surface area contributed by atoms with Crippen LogP contribution < -0.4 is 0 Å².